The number of hydrogen-bond acceptors (Lipinski definition) is 5. The molecule has 0 saturated carbocycles. The van der Waals surface area contributed by atoms with Gasteiger partial charge in [0, 0.05) is 7.05 Å². The summed E-state index contributed by atoms with van der Waals surface area (Å²) in [6.45, 7) is 0. The highest BCUT2D eigenvalue weighted by atomic mass is 32.2. The number of benzene rings is 1. The van der Waals surface area contributed by atoms with Crippen molar-refractivity contribution < 1.29 is 8.42 Å². The second-order valence-electron chi connectivity index (χ2n) is 3.78. The van der Waals surface area contributed by atoms with Crippen LogP contribution in [-0.2, 0) is 10.0 Å². The summed E-state index contributed by atoms with van der Waals surface area (Å²) < 4.78 is 25.7. The summed E-state index contributed by atoms with van der Waals surface area (Å²) in [7, 11) is -2.36. The van der Waals surface area contributed by atoms with Crippen molar-refractivity contribution in [1.82, 2.24) is 10.2 Å². The molecule has 98 valence electrons. The zero-order chi connectivity index (χ0) is 14.0. The maximum absolute atomic E-state index is 12.3. The highest BCUT2D eigenvalue weighted by Gasteiger charge is 2.25. The molecule has 0 bridgehead atoms. The van der Waals surface area contributed by atoms with Crippen LogP contribution in [0.15, 0.2) is 35.4 Å². The molecule has 7 nitrogen and oxygen atoms in total. The zero-order valence-corrected chi connectivity index (χ0v) is 10.8. The van der Waals surface area contributed by atoms with Crippen molar-refractivity contribution in [1.29, 1.82) is 5.26 Å². The van der Waals surface area contributed by atoms with Crippen LogP contribution in [0.4, 0.5) is 11.5 Å². The molecule has 19 heavy (non-hydrogen) atoms. The van der Waals surface area contributed by atoms with Gasteiger partial charge in [-0.25, -0.2) is 8.42 Å². The van der Waals surface area contributed by atoms with Crippen LogP contribution in [-0.4, -0.2) is 25.7 Å². The molecular formula is C11H11N5O2S. The van der Waals surface area contributed by atoms with Crippen LogP contribution in [0.25, 0.3) is 0 Å². The van der Waals surface area contributed by atoms with Gasteiger partial charge in [-0.1, -0.05) is 0 Å². The van der Waals surface area contributed by atoms with Crippen molar-refractivity contribution in [2.75, 3.05) is 17.1 Å². The Morgan fingerprint density at radius 2 is 2.00 bits per heavy atom. The number of rotatable bonds is 3. The van der Waals surface area contributed by atoms with Crippen molar-refractivity contribution in [3.63, 3.8) is 0 Å². The average molecular weight is 277 g/mol. The van der Waals surface area contributed by atoms with Crippen molar-refractivity contribution in [2.24, 2.45) is 0 Å². The van der Waals surface area contributed by atoms with Crippen LogP contribution in [0, 0.1) is 11.3 Å². The van der Waals surface area contributed by atoms with Gasteiger partial charge in [0.15, 0.2) is 0 Å². The van der Waals surface area contributed by atoms with Crippen LogP contribution in [0.5, 0.6) is 0 Å². The molecule has 0 atom stereocenters. The van der Waals surface area contributed by atoms with E-state index >= 15 is 0 Å². The Morgan fingerprint density at radius 1 is 1.37 bits per heavy atom. The van der Waals surface area contributed by atoms with Crippen LogP contribution in [0.1, 0.15) is 5.56 Å². The summed E-state index contributed by atoms with van der Waals surface area (Å²) in [4.78, 5) is -0.0839. The smallest absolute Gasteiger partial charge is 0.269 e. The summed E-state index contributed by atoms with van der Waals surface area (Å²) in [6, 6.07) is 8.15. The van der Waals surface area contributed by atoms with E-state index in [1.165, 1.54) is 7.05 Å². The molecule has 0 aliphatic rings. The maximum Gasteiger partial charge on any atom is 0.269 e. The van der Waals surface area contributed by atoms with Gasteiger partial charge in [-0.15, -0.1) is 0 Å². The Labute approximate surface area is 110 Å². The van der Waals surface area contributed by atoms with Gasteiger partial charge in [-0.3, -0.25) is 9.40 Å². The molecular weight excluding hydrogens is 266 g/mol. The summed E-state index contributed by atoms with van der Waals surface area (Å²) in [6.07, 6.45) is 1.16. The standard InChI is InChI=1S/C11H11N5O2S/c1-16(9-4-2-8(6-12)3-5-9)19(17,18)10-7-14-15-11(10)13/h2-5,7H,1H3,(H3,13,14,15). The lowest BCUT2D eigenvalue weighted by atomic mass is 10.2. The molecule has 0 fully saturated rings. The third-order valence-corrected chi connectivity index (χ3v) is 4.44. The van der Waals surface area contributed by atoms with E-state index in [1.807, 2.05) is 6.07 Å². The first-order valence-electron chi connectivity index (χ1n) is 5.24. The van der Waals surface area contributed by atoms with Crippen LogP contribution < -0.4 is 10.0 Å². The Balaban J connectivity index is 2.41. The molecule has 1 heterocycles. The molecule has 2 rings (SSSR count). The lowest BCUT2D eigenvalue weighted by Crippen LogP contribution is -2.26. The fourth-order valence-corrected chi connectivity index (χ4v) is 2.73. The second-order valence-corrected chi connectivity index (χ2v) is 5.72. The predicted molar refractivity (Wildman–Crippen MR) is 69.7 cm³/mol. The molecule has 1 aromatic carbocycles. The molecule has 1 aromatic heterocycles. The number of hydrogen-bond donors (Lipinski definition) is 2. The molecule has 0 radical (unpaired) electrons. The Hall–Kier alpha value is -2.53. The minimum Gasteiger partial charge on any atom is -0.383 e. The van der Waals surface area contributed by atoms with Gasteiger partial charge in [0.25, 0.3) is 10.0 Å². The fraction of sp³-hybridized carbons (Fsp3) is 0.0909. The second kappa shape index (κ2) is 4.62. The zero-order valence-electron chi connectivity index (χ0n) is 10.0. The van der Waals surface area contributed by atoms with E-state index in [-0.39, 0.29) is 10.7 Å². The van der Waals surface area contributed by atoms with E-state index in [0.717, 1.165) is 10.5 Å². The number of anilines is 2. The fourth-order valence-electron chi connectivity index (χ4n) is 1.52. The third-order valence-electron chi connectivity index (χ3n) is 2.63. The van der Waals surface area contributed by atoms with Gasteiger partial charge < -0.3 is 5.73 Å². The molecule has 3 N–H and O–H groups in total. The van der Waals surface area contributed by atoms with Crippen LogP contribution >= 0.6 is 0 Å². The Kier molecular flexibility index (Phi) is 3.14. The number of nitrogens with one attached hydrogen (secondary N) is 1. The van der Waals surface area contributed by atoms with E-state index in [0.29, 0.717) is 11.3 Å². The summed E-state index contributed by atoms with van der Waals surface area (Å²) in [5.41, 5.74) is 6.41. The van der Waals surface area contributed by atoms with E-state index < -0.39 is 10.0 Å². The molecule has 8 heteroatoms. The number of H-pyrrole nitrogens is 1. The largest absolute Gasteiger partial charge is 0.383 e. The third kappa shape index (κ3) is 2.23. The number of sulfonamides is 1. The number of nitrogens with zero attached hydrogens (tertiary/aromatic N) is 3. The Morgan fingerprint density at radius 3 is 2.47 bits per heavy atom. The number of nitrogens with two attached hydrogens (primary N) is 1. The molecule has 0 saturated heterocycles. The molecule has 0 spiro atoms. The lowest BCUT2D eigenvalue weighted by Gasteiger charge is -2.18. The number of aromatic amines is 1. The Bertz CT molecular complexity index is 727. The van der Waals surface area contributed by atoms with Crippen molar-refractivity contribution >= 4 is 21.5 Å². The number of aromatic nitrogens is 2. The minimum absolute atomic E-state index is 0.0134. The van der Waals surface area contributed by atoms with Crippen molar-refractivity contribution in [2.45, 2.75) is 4.90 Å². The van der Waals surface area contributed by atoms with E-state index in [2.05, 4.69) is 10.2 Å². The average Bonchev–Trinajstić information content (AvgIpc) is 2.85. The van der Waals surface area contributed by atoms with Gasteiger partial charge in [0.05, 0.1) is 23.5 Å². The molecule has 0 aliphatic heterocycles. The summed E-state index contributed by atoms with van der Waals surface area (Å²) >= 11 is 0. The van der Waals surface area contributed by atoms with Gasteiger partial charge in [-0.2, -0.15) is 10.4 Å². The number of nitriles is 1. The highest BCUT2D eigenvalue weighted by molar-refractivity contribution is 7.93. The highest BCUT2D eigenvalue weighted by Crippen LogP contribution is 2.24. The predicted octanol–water partition coefficient (Wildman–Crippen LogP) is 0.689. The van der Waals surface area contributed by atoms with Crippen molar-refractivity contribution in [3.8, 4) is 6.07 Å². The quantitative estimate of drug-likeness (QED) is 0.856. The molecule has 0 unspecified atom stereocenters. The van der Waals surface area contributed by atoms with Gasteiger partial charge in [0.1, 0.15) is 10.7 Å². The first kappa shape index (κ1) is 12.9. The normalized spacial score (nSPS) is 10.9. The molecule has 0 aliphatic carbocycles. The van der Waals surface area contributed by atoms with Gasteiger partial charge >= 0.3 is 0 Å². The minimum atomic E-state index is -3.77. The van der Waals surface area contributed by atoms with Crippen molar-refractivity contribution in [3.05, 3.63) is 36.0 Å². The summed E-state index contributed by atoms with van der Waals surface area (Å²) in [5, 5.41) is 14.7. The van der Waals surface area contributed by atoms with E-state index in [1.54, 1.807) is 24.3 Å². The van der Waals surface area contributed by atoms with Gasteiger partial charge in [0.2, 0.25) is 0 Å². The molecule has 2 aromatic rings. The van der Waals surface area contributed by atoms with Crippen LogP contribution in [0.3, 0.4) is 0 Å². The molecule has 0 amide bonds. The van der Waals surface area contributed by atoms with Gasteiger partial charge in [-0.05, 0) is 24.3 Å². The monoisotopic (exact) mass is 277 g/mol. The first-order chi connectivity index (χ1) is 8.96. The number of nitrogen functional groups attached to an aromatic ring is 1. The van der Waals surface area contributed by atoms with Crippen LogP contribution in [0.2, 0.25) is 0 Å². The van der Waals surface area contributed by atoms with E-state index in [9.17, 15) is 8.42 Å². The summed E-state index contributed by atoms with van der Waals surface area (Å²) in [5.74, 6) is -0.0134. The topological polar surface area (TPSA) is 116 Å². The van der Waals surface area contributed by atoms with E-state index in [4.69, 9.17) is 11.0 Å². The maximum atomic E-state index is 12.3. The lowest BCUT2D eigenvalue weighted by molar-refractivity contribution is 0.595. The first-order valence-corrected chi connectivity index (χ1v) is 6.69. The SMILES string of the molecule is CN(c1ccc(C#N)cc1)S(=O)(=O)c1cn[nH]c1N.